The molecule has 0 aliphatic carbocycles. The second-order valence-corrected chi connectivity index (χ2v) is 6.51. The molecule has 0 saturated carbocycles. The van der Waals surface area contributed by atoms with Crippen LogP contribution in [0.1, 0.15) is 24.5 Å². The monoisotopic (exact) mass is 341 g/mol. The zero-order valence-electron chi connectivity index (χ0n) is 13.1. The molecule has 3 N–H and O–H groups in total. The van der Waals surface area contributed by atoms with Crippen LogP contribution in [0.4, 0.5) is 5.95 Å². The summed E-state index contributed by atoms with van der Waals surface area (Å²) in [4.78, 5) is 17.5. The van der Waals surface area contributed by atoms with E-state index in [0.29, 0.717) is 28.8 Å². The molecule has 3 aromatic heterocycles. The first-order chi connectivity index (χ1) is 11.5. The highest BCUT2D eigenvalue weighted by atomic mass is 32.1. The number of hydrogen-bond acceptors (Lipinski definition) is 6. The highest BCUT2D eigenvalue weighted by molar-refractivity contribution is 7.13. The van der Waals surface area contributed by atoms with Crippen molar-refractivity contribution < 1.29 is 9.21 Å². The fourth-order valence-electron chi connectivity index (χ4n) is 2.84. The van der Waals surface area contributed by atoms with Gasteiger partial charge in [-0.25, -0.2) is 4.68 Å². The van der Waals surface area contributed by atoms with E-state index in [1.54, 1.807) is 22.9 Å². The number of carbonyl (C=O) groups excluding carboxylic acids is 1. The maximum atomic E-state index is 12.0. The zero-order valence-corrected chi connectivity index (χ0v) is 13.9. The quantitative estimate of drug-likeness (QED) is 0.763. The SMILES string of the molecule is CC1=C(C(N)=O)C(c2ccc(C)o2)n2nc(-c3cccs3)nc2N1. The van der Waals surface area contributed by atoms with Gasteiger partial charge in [-0.15, -0.1) is 16.4 Å². The first kappa shape index (κ1) is 14.7. The van der Waals surface area contributed by atoms with Crippen LogP contribution in [-0.4, -0.2) is 20.7 Å². The second kappa shape index (κ2) is 5.34. The summed E-state index contributed by atoms with van der Waals surface area (Å²) in [5.41, 5.74) is 6.68. The van der Waals surface area contributed by atoms with Crippen LogP contribution in [0, 0.1) is 6.92 Å². The molecule has 1 aliphatic rings. The topological polar surface area (TPSA) is 99.0 Å². The minimum absolute atomic E-state index is 0.416. The van der Waals surface area contributed by atoms with Gasteiger partial charge in [-0.2, -0.15) is 4.98 Å². The van der Waals surface area contributed by atoms with Crippen LogP contribution in [0.2, 0.25) is 0 Å². The number of carbonyl (C=O) groups is 1. The normalized spacial score (nSPS) is 16.8. The van der Waals surface area contributed by atoms with E-state index in [1.165, 1.54) is 0 Å². The number of aromatic nitrogens is 3. The van der Waals surface area contributed by atoms with Crippen molar-refractivity contribution in [3.05, 3.63) is 52.4 Å². The van der Waals surface area contributed by atoms with E-state index in [1.807, 2.05) is 36.6 Å². The number of fused-ring (bicyclic) bond motifs is 1. The van der Waals surface area contributed by atoms with Gasteiger partial charge in [0.2, 0.25) is 11.9 Å². The molecule has 7 nitrogen and oxygen atoms in total. The van der Waals surface area contributed by atoms with E-state index < -0.39 is 11.9 Å². The van der Waals surface area contributed by atoms with Gasteiger partial charge in [-0.05, 0) is 37.4 Å². The summed E-state index contributed by atoms with van der Waals surface area (Å²) >= 11 is 1.55. The van der Waals surface area contributed by atoms with Crippen molar-refractivity contribution in [2.45, 2.75) is 19.9 Å². The van der Waals surface area contributed by atoms with Crippen LogP contribution in [0.25, 0.3) is 10.7 Å². The molecule has 1 atom stereocenters. The number of aryl methyl sites for hydroxylation is 1. The Bertz CT molecular complexity index is 951. The van der Waals surface area contributed by atoms with Crippen molar-refractivity contribution in [2.75, 3.05) is 5.32 Å². The molecule has 4 rings (SSSR count). The van der Waals surface area contributed by atoms with Gasteiger partial charge in [0.05, 0.1) is 10.5 Å². The van der Waals surface area contributed by atoms with Gasteiger partial charge in [0.25, 0.3) is 0 Å². The average Bonchev–Trinajstić information content (AvgIpc) is 3.24. The molecule has 1 aliphatic heterocycles. The number of furan rings is 1. The molecule has 1 amide bonds. The molecule has 0 aromatic carbocycles. The molecular formula is C16H15N5O2S. The summed E-state index contributed by atoms with van der Waals surface area (Å²) < 4.78 is 7.41. The summed E-state index contributed by atoms with van der Waals surface area (Å²) in [6.45, 7) is 3.65. The maximum Gasteiger partial charge on any atom is 0.249 e. The summed E-state index contributed by atoms with van der Waals surface area (Å²) in [7, 11) is 0. The summed E-state index contributed by atoms with van der Waals surface area (Å²) in [5.74, 6) is 1.99. The van der Waals surface area contributed by atoms with Crippen LogP contribution in [0.15, 0.2) is 45.3 Å². The summed E-state index contributed by atoms with van der Waals surface area (Å²) in [6, 6.07) is 7.04. The van der Waals surface area contributed by atoms with Crippen molar-refractivity contribution >= 4 is 23.2 Å². The van der Waals surface area contributed by atoms with E-state index in [-0.39, 0.29) is 0 Å². The van der Waals surface area contributed by atoms with Crippen LogP contribution < -0.4 is 11.1 Å². The fourth-order valence-corrected chi connectivity index (χ4v) is 3.50. The summed E-state index contributed by atoms with van der Waals surface area (Å²) in [6.07, 6.45) is 0. The van der Waals surface area contributed by atoms with Gasteiger partial charge in [0.15, 0.2) is 5.82 Å². The Hall–Kier alpha value is -2.87. The number of allylic oxidation sites excluding steroid dienone is 1. The van der Waals surface area contributed by atoms with Crippen molar-refractivity contribution in [2.24, 2.45) is 5.73 Å². The number of nitrogens with one attached hydrogen (secondary N) is 1. The molecule has 0 fully saturated rings. The number of primary amides is 1. The fraction of sp³-hybridized carbons (Fsp3) is 0.188. The first-order valence-corrected chi connectivity index (χ1v) is 8.27. The van der Waals surface area contributed by atoms with Gasteiger partial charge in [0, 0.05) is 5.70 Å². The molecule has 1 unspecified atom stereocenters. The lowest BCUT2D eigenvalue weighted by molar-refractivity contribution is -0.115. The van der Waals surface area contributed by atoms with Crippen LogP contribution in [0.5, 0.6) is 0 Å². The summed E-state index contributed by atoms with van der Waals surface area (Å²) in [5, 5.41) is 9.66. The molecule has 3 aromatic rings. The Morgan fingerprint density at radius 2 is 2.21 bits per heavy atom. The molecule has 8 heteroatoms. The third-order valence-corrected chi connectivity index (χ3v) is 4.76. The Balaban J connectivity index is 1.90. The lowest BCUT2D eigenvalue weighted by atomic mass is 10.0. The zero-order chi connectivity index (χ0) is 16.8. The lowest BCUT2D eigenvalue weighted by Gasteiger charge is -2.25. The van der Waals surface area contributed by atoms with E-state index in [2.05, 4.69) is 15.4 Å². The number of rotatable bonds is 3. The van der Waals surface area contributed by atoms with Gasteiger partial charge < -0.3 is 15.5 Å². The van der Waals surface area contributed by atoms with Crippen molar-refractivity contribution in [3.63, 3.8) is 0 Å². The third kappa shape index (κ3) is 2.23. The third-order valence-electron chi connectivity index (χ3n) is 3.89. The predicted molar refractivity (Wildman–Crippen MR) is 90.4 cm³/mol. The van der Waals surface area contributed by atoms with Gasteiger partial charge in [-0.3, -0.25) is 4.79 Å². The number of hydrogen-bond donors (Lipinski definition) is 2. The highest BCUT2D eigenvalue weighted by Crippen LogP contribution is 2.37. The van der Waals surface area contributed by atoms with E-state index in [4.69, 9.17) is 10.2 Å². The minimum Gasteiger partial charge on any atom is -0.464 e. The Labute approximate surface area is 141 Å². The second-order valence-electron chi connectivity index (χ2n) is 5.56. The lowest BCUT2D eigenvalue weighted by Crippen LogP contribution is -2.31. The molecule has 0 saturated heterocycles. The molecular weight excluding hydrogens is 326 g/mol. The number of amides is 1. The smallest absolute Gasteiger partial charge is 0.249 e. The minimum atomic E-state index is -0.534. The van der Waals surface area contributed by atoms with Crippen LogP contribution in [0.3, 0.4) is 0 Å². The van der Waals surface area contributed by atoms with Gasteiger partial charge >= 0.3 is 0 Å². The molecule has 0 spiro atoms. The van der Waals surface area contributed by atoms with E-state index in [9.17, 15) is 4.79 Å². The van der Waals surface area contributed by atoms with Crippen LogP contribution in [-0.2, 0) is 4.79 Å². The predicted octanol–water partition coefficient (Wildman–Crippen LogP) is 2.68. The molecule has 122 valence electrons. The first-order valence-electron chi connectivity index (χ1n) is 7.39. The molecule has 0 radical (unpaired) electrons. The van der Waals surface area contributed by atoms with Crippen molar-refractivity contribution in [3.8, 4) is 10.7 Å². The average molecular weight is 341 g/mol. The van der Waals surface area contributed by atoms with E-state index in [0.717, 1.165) is 10.6 Å². The van der Waals surface area contributed by atoms with E-state index >= 15 is 0 Å². The van der Waals surface area contributed by atoms with Crippen molar-refractivity contribution in [1.82, 2.24) is 14.8 Å². The number of anilines is 1. The number of thiophene rings is 1. The maximum absolute atomic E-state index is 12.0. The Kier molecular flexibility index (Phi) is 3.27. The van der Waals surface area contributed by atoms with Gasteiger partial charge in [0.1, 0.15) is 17.6 Å². The Morgan fingerprint density at radius 1 is 1.38 bits per heavy atom. The molecule has 0 bridgehead atoms. The molecule has 24 heavy (non-hydrogen) atoms. The van der Waals surface area contributed by atoms with Gasteiger partial charge in [-0.1, -0.05) is 6.07 Å². The highest BCUT2D eigenvalue weighted by Gasteiger charge is 2.35. The number of nitrogens with two attached hydrogens (primary N) is 1. The largest absolute Gasteiger partial charge is 0.464 e. The standard InChI is InChI=1S/C16H15N5O2S/c1-8-5-6-10(23-8)13-12(14(17)22)9(2)18-16-19-15(20-21(13)16)11-4-3-7-24-11/h3-7,13H,1-2H3,(H2,17,22)(H,18,19,20). The Morgan fingerprint density at radius 3 is 2.83 bits per heavy atom. The molecule has 4 heterocycles. The van der Waals surface area contributed by atoms with Crippen molar-refractivity contribution in [1.29, 1.82) is 0 Å². The number of nitrogens with zero attached hydrogens (tertiary/aromatic N) is 3. The van der Waals surface area contributed by atoms with Crippen LogP contribution >= 0.6 is 11.3 Å².